The molecule has 0 saturated heterocycles. The topological polar surface area (TPSA) is 64.1 Å². The van der Waals surface area contributed by atoms with Crippen molar-refractivity contribution in [3.8, 4) is 17.2 Å². The third-order valence-corrected chi connectivity index (χ3v) is 4.08. The number of benzene rings is 1. The predicted molar refractivity (Wildman–Crippen MR) is 118 cm³/mol. The molecule has 26 heavy (non-hydrogen) atoms. The maximum absolute atomic E-state index is 5.52. The number of nitrogens with one attached hydrogen (secondary N) is 2. The lowest BCUT2D eigenvalue weighted by Crippen LogP contribution is -2.41. The van der Waals surface area contributed by atoms with Gasteiger partial charge in [0.2, 0.25) is 5.75 Å². The van der Waals surface area contributed by atoms with Gasteiger partial charge in [-0.25, -0.2) is 0 Å². The van der Waals surface area contributed by atoms with Crippen LogP contribution in [0, 0.1) is 0 Å². The van der Waals surface area contributed by atoms with Crippen molar-refractivity contribution in [3.63, 3.8) is 0 Å². The lowest BCUT2D eigenvalue weighted by molar-refractivity contribution is 0.322. The van der Waals surface area contributed by atoms with Gasteiger partial charge < -0.3 is 24.8 Å². The summed E-state index contributed by atoms with van der Waals surface area (Å²) in [6.45, 7) is 4.97. The molecule has 0 fully saturated rings. The minimum absolute atomic E-state index is 0. The zero-order valence-corrected chi connectivity index (χ0v) is 19.2. The Morgan fingerprint density at radius 2 is 1.77 bits per heavy atom. The van der Waals surface area contributed by atoms with E-state index in [2.05, 4.69) is 29.5 Å². The second-order valence-electron chi connectivity index (χ2n) is 5.96. The van der Waals surface area contributed by atoms with E-state index < -0.39 is 0 Å². The molecule has 0 aromatic heterocycles. The van der Waals surface area contributed by atoms with Gasteiger partial charge in [-0.1, -0.05) is 26.2 Å². The van der Waals surface area contributed by atoms with Gasteiger partial charge in [-0.3, -0.25) is 4.99 Å². The molecule has 6 nitrogen and oxygen atoms in total. The summed E-state index contributed by atoms with van der Waals surface area (Å²) in [6, 6.07) is 4.22. The van der Waals surface area contributed by atoms with Crippen molar-refractivity contribution < 1.29 is 14.2 Å². The van der Waals surface area contributed by atoms with Gasteiger partial charge in [0.15, 0.2) is 17.5 Å². The number of ether oxygens (including phenoxy) is 3. The summed E-state index contributed by atoms with van der Waals surface area (Å²) in [6.07, 6.45) is 4.86. The maximum atomic E-state index is 5.52. The molecular weight excluding hydrogens is 445 g/mol. The number of unbranched alkanes of at least 4 members (excludes halogenated alkanes) is 2. The fraction of sp³-hybridized carbons (Fsp3) is 0.632. The largest absolute Gasteiger partial charge is 0.493 e. The summed E-state index contributed by atoms with van der Waals surface area (Å²) in [5.41, 5.74) is 0.974. The number of halogens is 1. The first-order chi connectivity index (χ1) is 12.1. The molecule has 0 amide bonds. The van der Waals surface area contributed by atoms with Gasteiger partial charge in [0, 0.05) is 25.2 Å². The Balaban J connectivity index is 0.00000625. The standard InChI is InChI=1S/C19H33N3O3.HI/c1-7-8-9-10-14(2)22-19(20-3)21-13-15-11-12-16(23-4)18(25-6)17(15)24-5;/h11-12,14H,7-10,13H2,1-6H3,(H2,20,21,22);1H. The highest BCUT2D eigenvalue weighted by molar-refractivity contribution is 14.0. The molecule has 0 aliphatic rings. The molecule has 0 saturated carbocycles. The number of aliphatic imine (C=N–C) groups is 1. The van der Waals surface area contributed by atoms with Crippen LogP contribution in [0.2, 0.25) is 0 Å². The van der Waals surface area contributed by atoms with Crippen molar-refractivity contribution in [3.05, 3.63) is 17.7 Å². The van der Waals surface area contributed by atoms with Crippen molar-refractivity contribution in [2.24, 2.45) is 4.99 Å². The van der Waals surface area contributed by atoms with Gasteiger partial charge in [0.05, 0.1) is 21.3 Å². The van der Waals surface area contributed by atoms with Crippen molar-refractivity contribution in [2.45, 2.75) is 52.1 Å². The number of methoxy groups -OCH3 is 3. The molecule has 2 N–H and O–H groups in total. The van der Waals surface area contributed by atoms with Gasteiger partial charge in [-0.05, 0) is 25.5 Å². The number of hydrogen-bond acceptors (Lipinski definition) is 4. The average Bonchev–Trinajstić information content (AvgIpc) is 2.64. The molecule has 0 aliphatic carbocycles. The van der Waals surface area contributed by atoms with Gasteiger partial charge in [-0.2, -0.15) is 0 Å². The number of rotatable bonds is 10. The maximum Gasteiger partial charge on any atom is 0.203 e. The predicted octanol–water partition coefficient (Wildman–Crippen LogP) is 3.96. The van der Waals surface area contributed by atoms with E-state index in [1.54, 1.807) is 28.4 Å². The highest BCUT2D eigenvalue weighted by Crippen LogP contribution is 2.39. The first-order valence-corrected chi connectivity index (χ1v) is 8.86. The van der Waals surface area contributed by atoms with Crippen molar-refractivity contribution in [2.75, 3.05) is 28.4 Å². The molecule has 0 spiro atoms. The Hall–Kier alpha value is -1.38. The molecule has 0 aliphatic heterocycles. The quantitative estimate of drug-likeness (QED) is 0.230. The van der Waals surface area contributed by atoms with Crippen LogP contribution in [0.4, 0.5) is 0 Å². The Morgan fingerprint density at radius 1 is 1.08 bits per heavy atom. The van der Waals surface area contributed by atoms with Gasteiger partial charge in [0.25, 0.3) is 0 Å². The van der Waals surface area contributed by atoms with E-state index >= 15 is 0 Å². The van der Waals surface area contributed by atoms with Crippen LogP contribution < -0.4 is 24.8 Å². The fourth-order valence-electron chi connectivity index (χ4n) is 2.68. The highest BCUT2D eigenvalue weighted by atomic mass is 127. The Labute approximate surface area is 175 Å². The molecule has 1 unspecified atom stereocenters. The lowest BCUT2D eigenvalue weighted by Gasteiger charge is -2.19. The SMILES string of the molecule is CCCCCC(C)NC(=NC)NCc1ccc(OC)c(OC)c1OC.I. The zero-order chi connectivity index (χ0) is 18.7. The third kappa shape index (κ3) is 7.47. The van der Waals surface area contributed by atoms with Crippen molar-refractivity contribution in [1.82, 2.24) is 10.6 Å². The molecule has 1 aromatic carbocycles. The summed E-state index contributed by atoms with van der Waals surface area (Å²) in [5.74, 6) is 2.69. The van der Waals surface area contributed by atoms with Crippen LogP contribution in [0.1, 0.15) is 45.1 Å². The van der Waals surface area contributed by atoms with Crippen LogP contribution in [-0.2, 0) is 6.54 Å². The zero-order valence-electron chi connectivity index (χ0n) is 16.8. The smallest absolute Gasteiger partial charge is 0.203 e. The van der Waals surface area contributed by atoms with Crippen LogP contribution in [0.5, 0.6) is 17.2 Å². The van der Waals surface area contributed by atoms with Gasteiger partial charge in [0.1, 0.15) is 0 Å². The van der Waals surface area contributed by atoms with Crippen molar-refractivity contribution in [1.29, 1.82) is 0 Å². The molecular formula is C19H34IN3O3. The van der Waals surface area contributed by atoms with E-state index in [0.717, 1.165) is 17.9 Å². The monoisotopic (exact) mass is 479 g/mol. The van der Waals surface area contributed by atoms with Crippen LogP contribution in [0.25, 0.3) is 0 Å². The second-order valence-corrected chi connectivity index (χ2v) is 5.96. The molecule has 0 heterocycles. The van der Waals surface area contributed by atoms with Crippen LogP contribution in [-0.4, -0.2) is 40.4 Å². The number of nitrogens with zero attached hydrogens (tertiary/aromatic N) is 1. The first-order valence-electron chi connectivity index (χ1n) is 8.86. The highest BCUT2D eigenvalue weighted by Gasteiger charge is 2.16. The molecule has 150 valence electrons. The Bertz CT molecular complexity index is 553. The van der Waals surface area contributed by atoms with Crippen LogP contribution in [0.15, 0.2) is 17.1 Å². The lowest BCUT2D eigenvalue weighted by atomic mass is 10.1. The van der Waals surface area contributed by atoms with Gasteiger partial charge in [-0.15, -0.1) is 24.0 Å². The van der Waals surface area contributed by atoms with Crippen molar-refractivity contribution >= 4 is 29.9 Å². The summed E-state index contributed by atoms with van der Waals surface area (Å²) in [4.78, 5) is 4.30. The fourth-order valence-corrected chi connectivity index (χ4v) is 2.68. The summed E-state index contributed by atoms with van der Waals surface area (Å²) in [7, 11) is 6.63. The first kappa shape index (κ1) is 24.6. The minimum atomic E-state index is 0. The van der Waals surface area contributed by atoms with E-state index in [9.17, 15) is 0 Å². The van der Waals surface area contributed by atoms with E-state index in [1.807, 2.05) is 12.1 Å². The van der Waals surface area contributed by atoms with E-state index in [1.165, 1.54) is 19.3 Å². The summed E-state index contributed by atoms with van der Waals surface area (Å²) < 4.78 is 16.3. The number of guanidine groups is 1. The molecule has 1 aromatic rings. The summed E-state index contributed by atoms with van der Waals surface area (Å²) in [5, 5.41) is 6.76. The van der Waals surface area contributed by atoms with Crippen LogP contribution >= 0.6 is 24.0 Å². The Kier molecular flexibility index (Phi) is 13.0. The molecule has 7 heteroatoms. The molecule has 0 bridgehead atoms. The molecule has 1 rings (SSSR count). The third-order valence-electron chi connectivity index (χ3n) is 4.08. The normalized spacial score (nSPS) is 12.0. The number of hydrogen-bond donors (Lipinski definition) is 2. The van der Waals surface area contributed by atoms with Gasteiger partial charge >= 0.3 is 0 Å². The van der Waals surface area contributed by atoms with Crippen LogP contribution in [0.3, 0.4) is 0 Å². The van der Waals surface area contributed by atoms with E-state index in [0.29, 0.717) is 29.8 Å². The molecule has 0 radical (unpaired) electrons. The minimum Gasteiger partial charge on any atom is -0.493 e. The van der Waals surface area contributed by atoms with E-state index in [4.69, 9.17) is 14.2 Å². The Morgan fingerprint density at radius 3 is 2.31 bits per heavy atom. The molecule has 1 atom stereocenters. The van der Waals surface area contributed by atoms with E-state index in [-0.39, 0.29) is 24.0 Å². The summed E-state index contributed by atoms with van der Waals surface area (Å²) >= 11 is 0. The second kappa shape index (κ2) is 13.8. The average molecular weight is 479 g/mol.